The minimum absolute atomic E-state index is 0.0221. The van der Waals surface area contributed by atoms with E-state index in [1.807, 2.05) is 30.5 Å². The molecule has 1 unspecified atom stereocenters. The molecule has 11 heteroatoms. The highest BCUT2D eigenvalue weighted by Gasteiger charge is 2.29. The largest absolute Gasteiger partial charge is 0.496 e. The van der Waals surface area contributed by atoms with E-state index >= 15 is 4.39 Å². The number of pyridine rings is 1. The summed E-state index contributed by atoms with van der Waals surface area (Å²) in [6, 6.07) is 15.5. The summed E-state index contributed by atoms with van der Waals surface area (Å²) < 4.78 is 28.9. The van der Waals surface area contributed by atoms with Crippen molar-refractivity contribution >= 4 is 29.2 Å². The number of nitrogens with one attached hydrogen (secondary N) is 1. The standard InChI is InChI=1S/C44H48FN5O5/c1-48-25-36(34-22-46-23-35(34)44(48)53)30-18-42(54-2)37(43(19-30)55-3)26-49-14-13-33-28(5-4-6-29(33)24-49)17-27-11-15-50(16-12-27)40-10-7-31(20-38(40)45)47-39-9-8-32(51)21-41(39)52/h4-7,10,18-20,22,25,27,39,47H,8-9,11-17,21,23-24,26H2,1-3H3. The van der Waals surface area contributed by atoms with E-state index in [4.69, 9.17) is 9.47 Å². The van der Waals surface area contributed by atoms with E-state index in [0.29, 0.717) is 48.8 Å². The number of nitrogens with zero attached hydrogens (tertiary/aromatic N) is 4. The zero-order valence-electron chi connectivity index (χ0n) is 31.8. The molecule has 1 aromatic heterocycles. The van der Waals surface area contributed by atoms with Gasteiger partial charge in [-0.3, -0.25) is 24.3 Å². The summed E-state index contributed by atoms with van der Waals surface area (Å²) >= 11 is 0. The topological polar surface area (TPSA) is 105 Å². The number of ether oxygens (including phenoxy) is 2. The zero-order chi connectivity index (χ0) is 38.2. The SMILES string of the molecule is COc1cc(-c2cn(C)c(=O)c3c2C=NC3)cc(OC)c1CN1CCc2c(CC3CCN(c4ccc(NC5CCC(=O)CC5=O)cc4F)CC3)cccc2C1. The van der Waals surface area contributed by atoms with Crippen molar-refractivity contribution in [2.24, 2.45) is 18.0 Å². The Balaban J connectivity index is 0.906. The molecule has 10 nitrogen and oxygen atoms in total. The van der Waals surface area contributed by atoms with E-state index < -0.39 is 6.04 Å². The molecule has 8 rings (SSSR count). The van der Waals surface area contributed by atoms with Crippen LogP contribution in [0.5, 0.6) is 11.5 Å². The highest BCUT2D eigenvalue weighted by Crippen LogP contribution is 2.39. The van der Waals surface area contributed by atoms with Gasteiger partial charge in [0.05, 0.1) is 44.5 Å². The molecular weight excluding hydrogens is 698 g/mol. The van der Waals surface area contributed by atoms with Crippen LogP contribution in [0.3, 0.4) is 0 Å². The highest BCUT2D eigenvalue weighted by molar-refractivity contribution is 6.05. The number of methoxy groups -OCH3 is 2. The lowest BCUT2D eigenvalue weighted by Crippen LogP contribution is -2.36. The number of anilines is 2. The van der Waals surface area contributed by atoms with Gasteiger partial charge in [0.25, 0.3) is 5.56 Å². The molecule has 1 saturated heterocycles. The van der Waals surface area contributed by atoms with Gasteiger partial charge in [0.1, 0.15) is 23.1 Å². The molecule has 1 atom stereocenters. The quantitative estimate of drug-likeness (QED) is 0.190. The monoisotopic (exact) mass is 745 g/mol. The van der Waals surface area contributed by atoms with Gasteiger partial charge in [-0.05, 0) is 90.6 Å². The van der Waals surface area contributed by atoms with E-state index in [9.17, 15) is 14.4 Å². The number of Topliss-reactive ketones (excluding diaryl/α,β-unsaturated/α-hetero) is 2. The lowest BCUT2D eigenvalue weighted by molar-refractivity contribution is -0.130. The number of fused-ring (bicyclic) bond motifs is 2. The van der Waals surface area contributed by atoms with Crippen LogP contribution in [0.1, 0.15) is 65.5 Å². The first-order valence-corrected chi connectivity index (χ1v) is 19.3. The third-order valence-corrected chi connectivity index (χ3v) is 12.0. The molecule has 0 bridgehead atoms. The third-order valence-electron chi connectivity index (χ3n) is 12.0. The Morgan fingerprint density at radius 1 is 0.927 bits per heavy atom. The summed E-state index contributed by atoms with van der Waals surface area (Å²) in [5.41, 5.74) is 9.78. The second-order valence-electron chi connectivity index (χ2n) is 15.4. The Morgan fingerprint density at radius 3 is 2.44 bits per heavy atom. The van der Waals surface area contributed by atoms with Crippen molar-refractivity contribution in [3.05, 3.63) is 104 Å². The number of piperidine rings is 1. The molecule has 3 aliphatic heterocycles. The Hall–Kier alpha value is -5.29. The molecule has 0 radical (unpaired) electrons. The van der Waals surface area contributed by atoms with E-state index in [1.54, 1.807) is 32.0 Å². The molecule has 55 heavy (non-hydrogen) atoms. The smallest absolute Gasteiger partial charge is 0.256 e. The van der Waals surface area contributed by atoms with E-state index in [1.165, 1.54) is 22.8 Å². The fourth-order valence-electron chi connectivity index (χ4n) is 8.93. The van der Waals surface area contributed by atoms with Gasteiger partial charge in [-0.25, -0.2) is 4.39 Å². The molecule has 3 aromatic carbocycles. The van der Waals surface area contributed by atoms with Crippen LogP contribution in [-0.4, -0.2) is 67.1 Å². The van der Waals surface area contributed by atoms with Crippen molar-refractivity contribution in [1.82, 2.24) is 9.47 Å². The maximum Gasteiger partial charge on any atom is 0.256 e. The number of benzene rings is 3. The summed E-state index contributed by atoms with van der Waals surface area (Å²) in [7, 11) is 5.15. The van der Waals surface area contributed by atoms with Crippen molar-refractivity contribution in [1.29, 1.82) is 0 Å². The summed E-state index contributed by atoms with van der Waals surface area (Å²) in [5.74, 6) is 1.58. The lowest BCUT2D eigenvalue weighted by Gasteiger charge is -2.35. The first-order valence-electron chi connectivity index (χ1n) is 19.3. The Labute approximate surface area is 321 Å². The summed E-state index contributed by atoms with van der Waals surface area (Å²) in [5, 5.41) is 3.14. The number of rotatable bonds is 10. The first kappa shape index (κ1) is 36.7. The molecule has 2 fully saturated rings. The highest BCUT2D eigenvalue weighted by atomic mass is 19.1. The van der Waals surface area contributed by atoms with Gasteiger partial charge in [0, 0.05) is 81.0 Å². The average molecular weight is 746 g/mol. The van der Waals surface area contributed by atoms with Gasteiger partial charge in [-0.2, -0.15) is 0 Å². The van der Waals surface area contributed by atoms with Gasteiger partial charge in [-0.15, -0.1) is 0 Å². The molecule has 4 aliphatic rings. The first-order chi connectivity index (χ1) is 26.7. The van der Waals surface area contributed by atoms with E-state index in [2.05, 4.69) is 38.3 Å². The van der Waals surface area contributed by atoms with Crippen molar-refractivity contribution in [3.8, 4) is 22.6 Å². The van der Waals surface area contributed by atoms with Gasteiger partial charge >= 0.3 is 0 Å². The summed E-state index contributed by atoms with van der Waals surface area (Å²) in [4.78, 5) is 45.5. The Bertz CT molecular complexity index is 2220. The van der Waals surface area contributed by atoms with Gasteiger partial charge in [0.15, 0.2) is 5.78 Å². The minimum atomic E-state index is -0.438. The van der Waals surface area contributed by atoms with Crippen LogP contribution in [0.4, 0.5) is 15.8 Å². The molecule has 4 heterocycles. The minimum Gasteiger partial charge on any atom is -0.496 e. The van der Waals surface area contributed by atoms with Crippen molar-refractivity contribution < 1.29 is 23.5 Å². The fraction of sp³-hybridized carbons (Fsp3) is 0.409. The fourth-order valence-corrected chi connectivity index (χ4v) is 8.93. The second-order valence-corrected chi connectivity index (χ2v) is 15.4. The molecule has 0 amide bonds. The van der Waals surface area contributed by atoms with Crippen LogP contribution in [0.2, 0.25) is 0 Å². The predicted octanol–water partition coefficient (Wildman–Crippen LogP) is 6.26. The number of halogens is 1. The number of aryl methyl sites for hydroxylation is 1. The van der Waals surface area contributed by atoms with Gasteiger partial charge in [0.2, 0.25) is 0 Å². The van der Waals surface area contributed by atoms with Crippen LogP contribution in [0.15, 0.2) is 64.5 Å². The predicted molar refractivity (Wildman–Crippen MR) is 212 cm³/mol. The van der Waals surface area contributed by atoms with Gasteiger partial charge < -0.3 is 24.3 Å². The molecule has 4 aromatic rings. The van der Waals surface area contributed by atoms with Gasteiger partial charge in [-0.1, -0.05) is 18.2 Å². The lowest BCUT2D eigenvalue weighted by atomic mass is 9.85. The Morgan fingerprint density at radius 2 is 1.71 bits per heavy atom. The average Bonchev–Trinajstić information content (AvgIpc) is 3.69. The second kappa shape index (κ2) is 15.5. The summed E-state index contributed by atoms with van der Waals surface area (Å²) in [6.07, 6.45) is 8.40. The number of hydrogen-bond donors (Lipinski definition) is 1. The van der Waals surface area contributed by atoms with Crippen LogP contribution in [-0.2, 0) is 49.1 Å². The van der Waals surface area contributed by atoms with Crippen LogP contribution in [0, 0.1) is 11.7 Å². The molecular formula is C44H48FN5O5. The van der Waals surface area contributed by atoms with Crippen LogP contribution in [0.25, 0.3) is 11.1 Å². The molecule has 1 N–H and O–H groups in total. The molecule has 1 aliphatic carbocycles. The molecule has 0 spiro atoms. The number of carbonyl (C=O) groups is 2. The maximum atomic E-state index is 15.3. The number of aliphatic imine (C=N–C) groups is 1. The third kappa shape index (κ3) is 7.42. The zero-order valence-corrected chi connectivity index (χ0v) is 31.8. The number of aromatic nitrogens is 1. The number of ketones is 2. The van der Waals surface area contributed by atoms with E-state index in [-0.39, 0.29) is 29.4 Å². The van der Waals surface area contributed by atoms with E-state index in [0.717, 1.165) is 85.6 Å². The normalized spacial score (nSPS) is 18.7. The summed E-state index contributed by atoms with van der Waals surface area (Å²) in [6.45, 7) is 4.40. The molecule has 1 saturated carbocycles. The van der Waals surface area contributed by atoms with Crippen molar-refractivity contribution in [2.45, 2.75) is 70.6 Å². The molecule has 286 valence electrons. The number of carbonyl (C=O) groups excluding carboxylic acids is 2. The Kier molecular flexibility index (Phi) is 10.3. The van der Waals surface area contributed by atoms with Crippen molar-refractivity contribution in [3.63, 3.8) is 0 Å². The number of hydrogen-bond acceptors (Lipinski definition) is 9. The van der Waals surface area contributed by atoms with Crippen LogP contribution >= 0.6 is 0 Å². The maximum absolute atomic E-state index is 15.3. The van der Waals surface area contributed by atoms with Crippen LogP contribution < -0.4 is 25.2 Å². The van der Waals surface area contributed by atoms with Crippen molar-refractivity contribution in [2.75, 3.05) is 44.1 Å².